The molecule has 0 radical (unpaired) electrons. The molecule has 7 nitrogen and oxygen atoms in total. The Bertz CT molecular complexity index is 547. The molecule has 0 atom stereocenters. The molecule has 1 aromatic carbocycles. The van der Waals surface area contributed by atoms with Crippen molar-refractivity contribution in [3.63, 3.8) is 0 Å². The van der Waals surface area contributed by atoms with Gasteiger partial charge in [0.2, 0.25) is 0 Å². The lowest BCUT2D eigenvalue weighted by Crippen LogP contribution is -2.35. The van der Waals surface area contributed by atoms with E-state index in [1.807, 2.05) is 0 Å². The molecule has 0 saturated heterocycles. The molecule has 4 N–H and O–H groups in total. The number of halogens is 1. The van der Waals surface area contributed by atoms with E-state index < -0.39 is 16.3 Å². The van der Waals surface area contributed by atoms with Crippen LogP contribution in [0.1, 0.15) is 6.92 Å². The summed E-state index contributed by atoms with van der Waals surface area (Å²) in [7, 11) is -4.11. The SMILES string of the molecule is CCOC(=O)NS(=O)(=O)Nc1cc(N)ccc1Cl. The lowest BCUT2D eigenvalue weighted by atomic mass is 10.3. The lowest BCUT2D eigenvalue weighted by Gasteiger charge is -2.10. The molecule has 0 aliphatic heterocycles. The van der Waals surface area contributed by atoms with Gasteiger partial charge in [0, 0.05) is 5.69 Å². The summed E-state index contributed by atoms with van der Waals surface area (Å²) in [6.07, 6.45) is -1.08. The first-order valence-corrected chi connectivity index (χ1v) is 6.72. The molecule has 0 aliphatic rings. The number of anilines is 2. The van der Waals surface area contributed by atoms with Gasteiger partial charge >= 0.3 is 16.3 Å². The zero-order valence-corrected chi connectivity index (χ0v) is 11.0. The molecular weight excluding hydrogens is 282 g/mol. The summed E-state index contributed by atoms with van der Waals surface area (Å²) in [4.78, 5) is 11.0. The molecule has 0 spiro atoms. The van der Waals surface area contributed by atoms with Gasteiger partial charge in [-0.2, -0.15) is 8.42 Å². The highest BCUT2D eigenvalue weighted by molar-refractivity contribution is 7.91. The number of benzene rings is 1. The minimum Gasteiger partial charge on any atom is -0.449 e. The van der Waals surface area contributed by atoms with Crippen molar-refractivity contribution in [2.45, 2.75) is 6.92 Å². The van der Waals surface area contributed by atoms with E-state index in [1.54, 1.807) is 11.6 Å². The average molecular weight is 294 g/mol. The molecule has 0 bridgehead atoms. The average Bonchev–Trinajstić information content (AvgIpc) is 2.22. The van der Waals surface area contributed by atoms with Gasteiger partial charge in [-0.3, -0.25) is 4.72 Å². The van der Waals surface area contributed by atoms with E-state index >= 15 is 0 Å². The van der Waals surface area contributed by atoms with E-state index in [-0.39, 0.29) is 17.3 Å². The monoisotopic (exact) mass is 293 g/mol. The van der Waals surface area contributed by atoms with Crippen LogP contribution in [0.5, 0.6) is 0 Å². The largest absolute Gasteiger partial charge is 0.449 e. The first-order chi connectivity index (χ1) is 8.34. The maximum absolute atomic E-state index is 11.5. The topological polar surface area (TPSA) is 111 Å². The van der Waals surface area contributed by atoms with Gasteiger partial charge in [0.1, 0.15) is 0 Å². The highest BCUT2D eigenvalue weighted by atomic mass is 35.5. The standard InChI is InChI=1S/C9H12ClN3O4S/c1-2-17-9(14)13-18(15,16)12-8-5-6(11)3-4-7(8)10/h3-5,12H,2,11H2,1H3,(H,13,14). The lowest BCUT2D eigenvalue weighted by molar-refractivity contribution is 0.159. The molecular formula is C9H12ClN3O4S. The van der Waals surface area contributed by atoms with E-state index in [0.717, 1.165) is 0 Å². The Balaban J connectivity index is 2.82. The number of ether oxygens (including phenoxy) is 1. The normalized spacial score (nSPS) is 10.8. The fraction of sp³-hybridized carbons (Fsp3) is 0.222. The van der Waals surface area contributed by atoms with E-state index in [0.29, 0.717) is 5.69 Å². The predicted octanol–water partition coefficient (Wildman–Crippen LogP) is 1.32. The molecule has 9 heteroatoms. The Morgan fingerprint density at radius 2 is 2.17 bits per heavy atom. The van der Waals surface area contributed by atoms with Crippen LogP contribution in [0, 0.1) is 0 Å². The number of hydrogen-bond acceptors (Lipinski definition) is 5. The first-order valence-electron chi connectivity index (χ1n) is 4.86. The van der Waals surface area contributed by atoms with Crippen LogP contribution in [0.2, 0.25) is 5.02 Å². The summed E-state index contributed by atoms with van der Waals surface area (Å²) in [5, 5.41) is 0.151. The molecule has 0 heterocycles. The fourth-order valence-corrected chi connectivity index (χ4v) is 2.07. The second kappa shape index (κ2) is 5.78. The number of carbonyl (C=O) groups excluding carboxylic acids is 1. The van der Waals surface area contributed by atoms with Gasteiger partial charge in [-0.25, -0.2) is 9.52 Å². The Morgan fingerprint density at radius 1 is 1.50 bits per heavy atom. The van der Waals surface area contributed by atoms with Gasteiger partial charge < -0.3 is 10.5 Å². The molecule has 18 heavy (non-hydrogen) atoms. The summed E-state index contributed by atoms with van der Waals surface area (Å²) in [6.45, 7) is 1.61. The predicted molar refractivity (Wildman–Crippen MR) is 68.6 cm³/mol. The van der Waals surface area contributed by atoms with Crippen molar-refractivity contribution in [1.82, 2.24) is 4.72 Å². The third-order valence-corrected chi connectivity index (χ3v) is 2.98. The number of hydrogen-bond donors (Lipinski definition) is 3. The van der Waals surface area contributed by atoms with Crippen LogP contribution >= 0.6 is 11.6 Å². The molecule has 0 fully saturated rings. The van der Waals surface area contributed by atoms with Crippen molar-refractivity contribution in [1.29, 1.82) is 0 Å². The van der Waals surface area contributed by atoms with Crippen LogP contribution < -0.4 is 15.2 Å². The summed E-state index contributed by atoms with van der Waals surface area (Å²) in [5.41, 5.74) is 5.88. The van der Waals surface area contributed by atoms with Gasteiger partial charge in [-0.15, -0.1) is 0 Å². The van der Waals surface area contributed by atoms with Crippen LogP contribution in [-0.4, -0.2) is 21.1 Å². The molecule has 0 aliphatic carbocycles. The quantitative estimate of drug-likeness (QED) is 0.725. The Hall–Kier alpha value is -1.67. The fourth-order valence-electron chi connectivity index (χ4n) is 1.06. The van der Waals surface area contributed by atoms with Gasteiger partial charge in [-0.1, -0.05) is 11.6 Å². The van der Waals surface area contributed by atoms with Crippen molar-refractivity contribution in [3.05, 3.63) is 23.2 Å². The number of rotatable bonds is 4. The van der Waals surface area contributed by atoms with Crippen molar-refractivity contribution in [3.8, 4) is 0 Å². The Labute approximate surface area is 109 Å². The number of carbonyl (C=O) groups is 1. The van der Waals surface area contributed by atoms with E-state index in [1.165, 1.54) is 18.2 Å². The van der Waals surface area contributed by atoms with Crippen LogP contribution in [-0.2, 0) is 14.9 Å². The third kappa shape index (κ3) is 4.30. The third-order valence-electron chi connectivity index (χ3n) is 1.73. The minimum atomic E-state index is -4.11. The van der Waals surface area contributed by atoms with E-state index in [2.05, 4.69) is 9.46 Å². The summed E-state index contributed by atoms with van der Waals surface area (Å²) >= 11 is 5.77. The molecule has 0 unspecified atom stereocenters. The zero-order valence-electron chi connectivity index (χ0n) is 9.44. The number of nitrogens with two attached hydrogens (primary N) is 1. The van der Waals surface area contributed by atoms with E-state index in [4.69, 9.17) is 17.3 Å². The molecule has 0 aromatic heterocycles. The van der Waals surface area contributed by atoms with Crippen molar-refractivity contribution in [2.24, 2.45) is 0 Å². The molecule has 1 aromatic rings. The van der Waals surface area contributed by atoms with Crippen molar-refractivity contribution < 1.29 is 17.9 Å². The maximum atomic E-state index is 11.5. The molecule has 1 amide bonds. The number of nitrogen functional groups attached to an aromatic ring is 1. The van der Waals surface area contributed by atoms with Gasteiger partial charge in [0.15, 0.2) is 0 Å². The Morgan fingerprint density at radius 3 is 2.78 bits per heavy atom. The van der Waals surface area contributed by atoms with E-state index in [9.17, 15) is 13.2 Å². The van der Waals surface area contributed by atoms with Crippen LogP contribution in [0.4, 0.5) is 16.2 Å². The maximum Gasteiger partial charge on any atom is 0.422 e. The van der Waals surface area contributed by atoms with Crippen molar-refractivity contribution in [2.75, 3.05) is 17.1 Å². The first kappa shape index (κ1) is 14.4. The van der Waals surface area contributed by atoms with Gasteiger partial charge in [0.25, 0.3) is 0 Å². The Kier molecular flexibility index (Phi) is 4.62. The minimum absolute atomic E-state index is 0.0559. The highest BCUT2D eigenvalue weighted by Crippen LogP contribution is 2.24. The summed E-state index contributed by atoms with van der Waals surface area (Å²) in [6, 6.07) is 4.27. The molecule has 0 saturated carbocycles. The molecule has 100 valence electrons. The second-order valence-electron chi connectivity index (χ2n) is 3.17. The summed E-state index contributed by atoms with van der Waals surface area (Å²) < 4.78 is 31.2. The van der Waals surface area contributed by atoms with Crippen LogP contribution in [0.25, 0.3) is 0 Å². The van der Waals surface area contributed by atoms with Crippen molar-refractivity contribution >= 4 is 39.3 Å². The highest BCUT2D eigenvalue weighted by Gasteiger charge is 2.16. The van der Waals surface area contributed by atoms with Crippen LogP contribution in [0.3, 0.4) is 0 Å². The van der Waals surface area contributed by atoms with Gasteiger partial charge in [-0.05, 0) is 25.1 Å². The smallest absolute Gasteiger partial charge is 0.422 e. The summed E-state index contributed by atoms with van der Waals surface area (Å²) in [5.74, 6) is 0. The van der Waals surface area contributed by atoms with Gasteiger partial charge in [0.05, 0.1) is 17.3 Å². The zero-order chi connectivity index (χ0) is 13.8. The number of amides is 1. The van der Waals surface area contributed by atoms with Crippen LogP contribution in [0.15, 0.2) is 18.2 Å². The number of nitrogens with one attached hydrogen (secondary N) is 2. The molecule has 1 rings (SSSR count). The second-order valence-corrected chi connectivity index (χ2v) is 4.99.